The van der Waals surface area contributed by atoms with Crippen molar-refractivity contribution in [3.05, 3.63) is 35.9 Å². The van der Waals surface area contributed by atoms with Crippen molar-refractivity contribution < 1.29 is 14.6 Å². The van der Waals surface area contributed by atoms with Crippen molar-refractivity contribution in [3.8, 4) is 11.8 Å². The van der Waals surface area contributed by atoms with Crippen LogP contribution >= 0.6 is 0 Å². The normalized spacial score (nSPS) is 15.8. The lowest BCUT2D eigenvalue weighted by Gasteiger charge is -2.00. The molecule has 1 aromatic carbocycles. The monoisotopic (exact) mass is 216 g/mol. The molecule has 0 aromatic heterocycles. The summed E-state index contributed by atoms with van der Waals surface area (Å²) in [5, 5.41) is 9.38. The van der Waals surface area contributed by atoms with E-state index in [2.05, 4.69) is 11.8 Å². The zero-order valence-electron chi connectivity index (χ0n) is 8.77. The first-order valence-corrected chi connectivity index (χ1v) is 5.14. The predicted molar refractivity (Wildman–Crippen MR) is 58.2 cm³/mol. The van der Waals surface area contributed by atoms with Crippen LogP contribution < -0.4 is 0 Å². The molecule has 16 heavy (non-hydrogen) atoms. The molecule has 1 saturated carbocycles. The molecule has 3 heteroatoms. The van der Waals surface area contributed by atoms with Gasteiger partial charge < -0.3 is 9.84 Å². The highest BCUT2D eigenvalue weighted by Crippen LogP contribution is 2.33. The number of carbonyl (C=O) groups excluding carboxylic acids is 1. The Balaban J connectivity index is 1.82. The molecule has 1 aliphatic rings. The summed E-state index contributed by atoms with van der Waals surface area (Å²) in [4.78, 5) is 11.2. The maximum atomic E-state index is 11.2. The van der Waals surface area contributed by atoms with Crippen molar-refractivity contribution >= 4 is 5.97 Å². The zero-order chi connectivity index (χ0) is 11.4. The van der Waals surface area contributed by atoms with Crippen molar-refractivity contribution in [2.24, 2.45) is 0 Å². The molecule has 0 amide bonds. The molecular formula is C13H12O3. The van der Waals surface area contributed by atoms with E-state index in [1.165, 1.54) is 0 Å². The lowest BCUT2D eigenvalue weighted by Crippen LogP contribution is -2.05. The van der Waals surface area contributed by atoms with Crippen molar-refractivity contribution in [1.82, 2.24) is 0 Å². The Bertz CT molecular complexity index is 435. The van der Waals surface area contributed by atoms with Crippen LogP contribution in [0.5, 0.6) is 0 Å². The molecule has 1 aliphatic carbocycles. The molecule has 2 rings (SSSR count). The lowest BCUT2D eigenvalue weighted by atomic mass is 10.2. The predicted octanol–water partition coefficient (Wildman–Crippen LogP) is 1.26. The molecule has 0 saturated heterocycles. The standard InChI is InChI=1S/C13H12O3/c14-12(6-7-13(15)8-9-13)16-10-11-4-2-1-3-5-11/h1-5,15H,8-10H2. The van der Waals surface area contributed by atoms with Crippen LogP contribution in [0.25, 0.3) is 0 Å². The molecule has 1 fully saturated rings. The molecule has 0 spiro atoms. The van der Waals surface area contributed by atoms with E-state index in [1.54, 1.807) is 0 Å². The van der Waals surface area contributed by atoms with Gasteiger partial charge in [0.2, 0.25) is 0 Å². The highest BCUT2D eigenvalue weighted by atomic mass is 16.5. The number of hydrogen-bond acceptors (Lipinski definition) is 3. The third-order valence-corrected chi connectivity index (χ3v) is 2.33. The van der Waals surface area contributed by atoms with Gasteiger partial charge in [-0.25, -0.2) is 4.79 Å². The second-order valence-electron chi connectivity index (χ2n) is 3.84. The molecule has 0 atom stereocenters. The summed E-state index contributed by atoms with van der Waals surface area (Å²) >= 11 is 0. The van der Waals surface area contributed by atoms with E-state index in [4.69, 9.17) is 4.74 Å². The van der Waals surface area contributed by atoms with Crippen molar-refractivity contribution in [1.29, 1.82) is 0 Å². The Morgan fingerprint density at radius 1 is 1.38 bits per heavy atom. The number of benzene rings is 1. The molecule has 0 bridgehead atoms. The molecule has 0 aliphatic heterocycles. The van der Waals surface area contributed by atoms with Crippen LogP contribution in [-0.2, 0) is 16.1 Å². The largest absolute Gasteiger partial charge is 0.451 e. The quantitative estimate of drug-likeness (QED) is 0.460. The van der Waals surface area contributed by atoms with Crippen molar-refractivity contribution in [3.63, 3.8) is 0 Å². The van der Waals surface area contributed by atoms with Gasteiger partial charge in [-0.3, -0.25) is 0 Å². The van der Waals surface area contributed by atoms with Crippen LogP contribution in [0.2, 0.25) is 0 Å². The minimum atomic E-state index is -0.925. The summed E-state index contributed by atoms with van der Waals surface area (Å²) in [6.07, 6.45) is 1.29. The molecule has 0 unspecified atom stereocenters. The van der Waals surface area contributed by atoms with E-state index in [-0.39, 0.29) is 6.61 Å². The fourth-order valence-corrected chi connectivity index (χ4v) is 1.17. The van der Waals surface area contributed by atoms with Crippen LogP contribution in [0, 0.1) is 11.8 Å². The van der Waals surface area contributed by atoms with E-state index in [0.29, 0.717) is 12.8 Å². The molecule has 1 aromatic rings. The molecule has 3 nitrogen and oxygen atoms in total. The summed E-state index contributed by atoms with van der Waals surface area (Å²) in [6.45, 7) is 0.215. The van der Waals surface area contributed by atoms with Crippen LogP contribution in [0.15, 0.2) is 30.3 Å². The summed E-state index contributed by atoms with van der Waals surface area (Å²) in [5.74, 6) is 4.20. The van der Waals surface area contributed by atoms with Gasteiger partial charge in [0.25, 0.3) is 0 Å². The second-order valence-corrected chi connectivity index (χ2v) is 3.84. The third-order valence-electron chi connectivity index (χ3n) is 2.33. The minimum absolute atomic E-state index is 0.215. The topological polar surface area (TPSA) is 46.5 Å². The van der Waals surface area contributed by atoms with Gasteiger partial charge in [-0.05, 0) is 18.4 Å². The molecular weight excluding hydrogens is 204 g/mol. The Morgan fingerprint density at radius 2 is 2.06 bits per heavy atom. The number of aliphatic hydroxyl groups is 1. The van der Waals surface area contributed by atoms with Crippen LogP contribution in [0.4, 0.5) is 0 Å². The number of ether oxygens (including phenoxy) is 1. The fraction of sp³-hybridized carbons (Fsp3) is 0.308. The van der Waals surface area contributed by atoms with E-state index >= 15 is 0 Å². The first kappa shape index (κ1) is 10.7. The highest BCUT2D eigenvalue weighted by molar-refractivity contribution is 5.88. The lowest BCUT2D eigenvalue weighted by molar-refractivity contribution is -0.137. The number of esters is 1. The number of carbonyl (C=O) groups is 1. The van der Waals surface area contributed by atoms with Crippen molar-refractivity contribution in [2.75, 3.05) is 0 Å². The first-order chi connectivity index (χ1) is 7.68. The fourth-order valence-electron chi connectivity index (χ4n) is 1.17. The van der Waals surface area contributed by atoms with E-state index in [9.17, 15) is 9.90 Å². The number of hydrogen-bond donors (Lipinski definition) is 1. The maximum Gasteiger partial charge on any atom is 0.384 e. The van der Waals surface area contributed by atoms with Crippen LogP contribution in [0.1, 0.15) is 18.4 Å². The SMILES string of the molecule is O=C(C#CC1(O)CC1)OCc1ccccc1. The van der Waals surface area contributed by atoms with Gasteiger partial charge in [0.15, 0.2) is 0 Å². The van der Waals surface area contributed by atoms with Crippen molar-refractivity contribution in [2.45, 2.75) is 25.0 Å². The number of rotatable bonds is 2. The smallest absolute Gasteiger partial charge is 0.384 e. The summed E-state index contributed by atoms with van der Waals surface area (Å²) in [7, 11) is 0. The van der Waals surface area contributed by atoms with Gasteiger partial charge in [-0.2, -0.15) is 0 Å². The van der Waals surface area contributed by atoms with Gasteiger partial charge >= 0.3 is 5.97 Å². The van der Waals surface area contributed by atoms with Gasteiger partial charge in [0.05, 0.1) is 0 Å². The van der Waals surface area contributed by atoms with Gasteiger partial charge in [0.1, 0.15) is 12.2 Å². The van der Waals surface area contributed by atoms with Gasteiger partial charge in [0, 0.05) is 5.92 Å². The van der Waals surface area contributed by atoms with E-state index < -0.39 is 11.6 Å². The Labute approximate surface area is 94.0 Å². The average Bonchev–Trinajstić information content (AvgIpc) is 3.04. The van der Waals surface area contributed by atoms with Crippen LogP contribution in [0.3, 0.4) is 0 Å². The average molecular weight is 216 g/mol. The molecule has 0 heterocycles. The summed E-state index contributed by atoms with van der Waals surface area (Å²) < 4.78 is 4.93. The zero-order valence-corrected chi connectivity index (χ0v) is 8.77. The molecule has 0 radical (unpaired) electrons. The van der Waals surface area contributed by atoms with Gasteiger partial charge in [-0.15, -0.1) is 0 Å². The highest BCUT2D eigenvalue weighted by Gasteiger charge is 2.38. The maximum absolute atomic E-state index is 11.2. The van der Waals surface area contributed by atoms with E-state index in [1.807, 2.05) is 30.3 Å². The summed E-state index contributed by atoms with van der Waals surface area (Å²) in [6, 6.07) is 9.39. The van der Waals surface area contributed by atoms with Crippen LogP contribution in [-0.4, -0.2) is 16.7 Å². The molecule has 82 valence electrons. The second kappa shape index (κ2) is 4.38. The summed E-state index contributed by atoms with van der Waals surface area (Å²) in [5.41, 5.74) is -0.00559. The Morgan fingerprint density at radius 3 is 2.69 bits per heavy atom. The van der Waals surface area contributed by atoms with Gasteiger partial charge in [-0.1, -0.05) is 36.3 Å². The molecule has 1 N–H and O–H groups in total. The Kier molecular flexibility index (Phi) is 2.93. The minimum Gasteiger partial charge on any atom is -0.451 e. The third kappa shape index (κ3) is 3.11. The Hall–Kier alpha value is -1.79. The first-order valence-electron chi connectivity index (χ1n) is 5.14. The van der Waals surface area contributed by atoms with E-state index in [0.717, 1.165) is 5.56 Å².